The van der Waals surface area contributed by atoms with E-state index in [2.05, 4.69) is 18.0 Å². The van der Waals surface area contributed by atoms with E-state index in [-0.39, 0.29) is 5.54 Å². The average molecular weight is 234 g/mol. The van der Waals surface area contributed by atoms with E-state index in [1.54, 1.807) is 6.07 Å². The number of phenols is 1. The minimum atomic E-state index is 0.197. The monoisotopic (exact) mass is 234 g/mol. The van der Waals surface area contributed by atoms with Crippen LogP contribution in [0.2, 0.25) is 0 Å². The standard InChI is InChI=1S/C14H22N2O/c1-16-9-3-6-14(16,7-8-15)11-12-4-2-5-13(17)10-12/h2,4-5,10,17H,3,6-9,11,15H2,1H3. The molecule has 1 unspecified atom stereocenters. The van der Waals surface area contributed by atoms with Crippen LogP contribution in [0.5, 0.6) is 5.75 Å². The second-order valence-electron chi connectivity index (χ2n) is 5.13. The normalized spacial score (nSPS) is 25.3. The number of hydrogen-bond acceptors (Lipinski definition) is 3. The van der Waals surface area contributed by atoms with Crippen molar-refractivity contribution >= 4 is 0 Å². The molecule has 1 atom stereocenters. The Bertz CT molecular complexity index is 380. The molecular formula is C14H22N2O. The largest absolute Gasteiger partial charge is 0.508 e. The molecule has 0 aromatic heterocycles. The van der Waals surface area contributed by atoms with Gasteiger partial charge in [-0.2, -0.15) is 0 Å². The molecular weight excluding hydrogens is 212 g/mol. The molecule has 0 saturated carbocycles. The zero-order valence-corrected chi connectivity index (χ0v) is 10.5. The molecule has 0 radical (unpaired) electrons. The zero-order chi connectivity index (χ0) is 12.3. The van der Waals surface area contributed by atoms with Gasteiger partial charge < -0.3 is 15.7 Å². The zero-order valence-electron chi connectivity index (χ0n) is 10.5. The van der Waals surface area contributed by atoms with Gasteiger partial charge in [0, 0.05) is 5.54 Å². The number of likely N-dealkylation sites (N-methyl/N-ethyl adjacent to an activating group) is 1. The van der Waals surface area contributed by atoms with Gasteiger partial charge in [0.15, 0.2) is 0 Å². The van der Waals surface area contributed by atoms with Crippen LogP contribution >= 0.6 is 0 Å². The van der Waals surface area contributed by atoms with Crippen molar-refractivity contribution in [1.29, 1.82) is 0 Å². The van der Waals surface area contributed by atoms with Gasteiger partial charge in [-0.15, -0.1) is 0 Å². The predicted molar refractivity (Wildman–Crippen MR) is 70.1 cm³/mol. The summed E-state index contributed by atoms with van der Waals surface area (Å²) in [6.45, 7) is 1.88. The van der Waals surface area contributed by atoms with Crippen molar-refractivity contribution in [3.8, 4) is 5.75 Å². The third-order valence-electron chi connectivity index (χ3n) is 4.00. The Morgan fingerprint density at radius 2 is 2.29 bits per heavy atom. The smallest absolute Gasteiger partial charge is 0.115 e. The molecule has 3 N–H and O–H groups in total. The van der Waals surface area contributed by atoms with E-state index >= 15 is 0 Å². The van der Waals surface area contributed by atoms with Crippen molar-refractivity contribution in [3.63, 3.8) is 0 Å². The lowest BCUT2D eigenvalue weighted by Crippen LogP contribution is -2.44. The highest BCUT2D eigenvalue weighted by Gasteiger charge is 2.37. The van der Waals surface area contributed by atoms with Gasteiger partial charge in [-0.25, -0.2) is 0 Å². The van der Waals surface area contributed by atoms with E-state index < -0.39 is 0 Å². The lowest BCUT2D eigenvalue weighted by atomic mass is 9.85. The Kier molecular flexibility index (Phi) is 3.69. The van der Waals surface area contributed by atoms with Crippen molar-refractivity contribution in [2.24, 2.45) is 5.73 Å². The maximum atomic E-state index is 9.53. The van der Waals surface area contributed by atoms with Crippen molar-refractivity contribution in [2.45, 2.75) is 31.2 Å². The first-order chi connectivity index (χ1) is 8.16. The molecule has 0 aliphatic carbocycles. The average Bonchev–Trinajstić information content (AvgIpc) is 2.61. The Labute approximate surface area is 103 Å². The van der Waals surface area contributed by atoms with Crippen molar-refractivity contribution in [3.05, 3.63) is 29.8 Å². The summed E-state index contributed by atoms with van der Waals surface area (Å²) < 4.78 is 0. The number of phenolic OH excluding ortho intramolecular Hbond substituents is 1. The second kappa shape index (κ2) is 5.07. The molecule has 3 nitrogen and oxygen atoms in total. The molecule has 0 spiro atoms. The molecule has 0 bridgehead atoms. The maximum Gasteiger partial charge on any atom is 0.115 e. The minimum Gasteiger partial charge on any atom is -0.508 e. The Balaban J connectivity index is 2.18. The summed E-state index contributed by atoms with van der Waals surface area (Å²) in [7, 11) is 2.19. The summed E-state index contributed by atoms with van der Waals surface area (Å²) >= 11 is 0. The molecule has 17 heavy (non-hydrogen) atoms. The van der Waals surface area contributed by atoms with E-state index in [4.69, 9.17) is 5.73 Å². The molecule has 0 amide bonds. The van der Waals surface area contributed by atoms with Gasteiger partial charge in [0.2, 0.25) is 0 Å². The summed E-state index contributed by atoms with van der Waals surface area (Å²) in [6, 6.07) is 7.59. The van der Waals surface area contributed by atoms with Crippen LogP contribution in [0.1, 0.15) is 24.8 Å². The van der Waals surface area contributed by atoms with E-state index in [0.29, 0.717) is 5.75 Å². The van der Waals surface area contributed by atoms with Crippen LogP contribution in [0.15, 0.2) is 24.3 Å². The summed E-state index contributed by atoms with van der Waals surface area (Å²) in [4.78, 5) is 2.43. The molecule has 1 aromatic rings. The fourth-order valence-corrected chi connectivity index (χ4v) is 3.02. The van der Waals surface area contributed by atoms with Crippen LogP contribution < -0.4 is 5.73 Å². The second-order valence-corrected chi connectivity index (χ2v) is 5.13. The molecule has 94 valence electrons. The van der Waals surface area contributed by atoms with Gasteiger partial charge in [0.05, 0.1) is 0 Å². The van der Waals surface area contributed by atoms with Crippen LogP contribution in [0.25, 0.3) is 0 Å². The molecule has 3 heteroatoms. The molecule has 2 rings (SSSR count). The number of benzene rings is 1. The quantitative estimate of drug-likeness (QED) is 0.834. The van der Waals surface area contributed by atoms with Crippen LogP contribution in [0.4, 0.5) is 0 Å². The number of rotatable bonds is 4. The third-order valence-corrected chi connectivity index (χ3v) is 4.00. The number of hydrogen-bond donors (Lipinski definition) is 2. The Morgan fingerprint density at radius 1 is 1.47 bits per heavy atom. The summed E-state index contributed by atoms with van der Waals surface area (Å²) in [5, 5.41) is 9.53. The third kappa shape index (κ3) is 2.61. The fraction of sp³-hybridized carbons (Fsp3) is 0.571. The van der Waals surface area contributed by atoms with E-state index in [1.807, 2.05) is 12.1 Å². The highest BCUT2D eigenvalue weighted by Crippen LogP contribution is 2.34. The first-order valence-electron chi connectivity index (χ1n) is 6.35. The molecule has 1 aliphatic rings. The number of nitrogens with two attached hydrogens (primary N) is 1. The predicted octanol–water partition coefficient (Wildman–Crippen LogP) is 1.75. The maximum absolute atomic E-state index is 9.53. The number of aromatic hydroxyl groups is 1. The molecule has 1 heterocycles. The summed E-state index contributed by atoms with van der Waals surface area (Å²) in [5.74, 6) is 0.353. The van der Waals surface area contributed by atoms with Crippen molar-refractivity contribution < 1.29 is 5.11 Å². The lowest BCUT2D eigenvalue weighted by Gasteiger charge is -2.36. The first-order valence-corrected chi connectivity index (χ1v) is 6.35. The first kappa shape index (κ1) is 12.4. The van der Waals surface area contributed by atoms with E-state index in [0.717, 1.165) is 25.9 Å². The Hall–Kier alpha value is -1.06. The van der Waals surface area contributed by atoms with E-state index in [9.17, 15) is 5.11 Å². The number of likely N-dealkylation sites (tertiary alicyclic amines) is 1. The molecule has 1 aliphatic heterocycles. The van der Waals surface area contributed by atoms with Crippen LogP contribution in [-0.2, 0) is 6.42 Å². The lowest BCUT2D eigenvalue weighted by molar-refractivity contribution is 0.162. The van der Waals surface area contributed by atoms with Crippen LogP contribution in [0.3, 0.4) is 0 Å². The van der Waals surface area contributed by atoms with Crippen LogP contribution in [-0.4, -0.2) is 35.7 Å². The molecule has 1 saturated heterocycles. The summed E-state index contributed by atoms with van der Waals surface area (Å²) in [6.07, 6.45) is 4.46. The molecule has 1 fully saturated rings. The van der Waals surface area contributed by atoms with Gasteiger partial charge in [-0.3, -0.25) is 0 Å². The van der Waals surface area contributed by atoms with Gasteiger partial charge in [-0.05, 0) is 63.5 Å². The summed E-state index contributed by atoms with van der Waals surface area (Å²) in [5.41, 5.74) is 7.16. The van der Waals surface area contributed by atoms with Gasteiger partial charge in [0.1, 0.15) is 5.75 Å². The van der Waals surface area contributed by atoms with Crippen molar-refractivity contribution in [2.75, 3.05) is 20.1 Å². The highest BCUT2D eigenvalue weighted by molar-refractivity contribution is 5.28. The van der Waals surface area contributed by atoms with Crippen LogP contribution in [0, 0.1) is 0 Å². The minimum absolute atomic E-state index is 0.197. The van der Waals surface area contributed by atoms with E-state index in [1.165, 1.54) is 18.4 Å². The fourth-order valence-electron chi connectivity index (χ4n) is 3.02. The Morgan fingerprint density at radius 3 is 2.88 bits per heavy atom. The SMILES string of the molecule is CN1CCCC1(CCN)Cc1cccc(O)c1. The topological polar surface area (TPSA) is 49.5 Å². The molecule has 1 aromatic carbocycles. The van der Waals surface area contributed by atoms with Gasteiger partial charge >= 0.3 is 0 Å². The van der Waals surface area contributed by atoms with Gasteiger partial charge in [0.25, 0.3) is 0 Å². The van der Waals surface area contributed by atoms with Crippen molar-refractivity contribution in [1.82, 2.24) is 4.90 Å². The van der Waals surface area contributed by atoms with Gasteiger partial charge in [-0.1, -0.05) is 12.1 Å². The highest BCUT2D eigenvalue weighted by atomic mass is 16.3. The number of nitrogens with zero attached hydrogens (tertiary/aromatic N) is 1.